The zero-order valence-electron chi connectivity index (χ0n) is 20.8. The van der Waals surface area contributed by atoms with Gasteiger partial charge in [0.1, 0.15) is 16.7 Å². The number of hydrogen-bond donors (Lipinski definition) is 2. The SMILES string of the molecule is COc1ccc(S(=O)N(CC(C)C)C[C@@H](O)[C@H](Cc2ccccc2)NC(=O)[C@H](C)CSC)cc1. The normalized spacial score (nSPS) is 15.1. The monoisotopic (exact) mass is 506 g/mol. The molecule has 0 aromatic heterocycles. The molecule has 2 N–H and O–H groups in total. The quantitative estimate of drug-likeness (QED) is 0.408. The summed E-state index contributed by atoms with van der Waals surface area (Å²) in [6, 6.07) is 16.4. The third kappa shape index (κ3) is 9.06. The van der Waals surface area contributed by atoms with Gasteiger partial charge in [0.25, 0.3) is 0 Å². The highest BCUT2D eigenvalue weighted by Gasteiger charge is 2.28. The summed E-state index contributed by atoms with van der Waals surface area (Å²) in [7, 11) is 0.134. The molecule has 0 bridgehead atoms. The second-order valence-electron chi connectivity index (χ2n) is 8.89. The Bertz CT molecular complexity index is 893. The van der Waals surface area contributed by atoms with Crippen molar-refractivity contribution >= 4 is 28.7 Å². The van der Waals surface area contributed by atoms with Crippen LogP contribution >= 0.6 is 11.8 Å². The van der Waals surface area contributed by atoms with E-state index < -0.39 is 23.1 Å². The fraction of sp³-hybridized carbons (Fsp3) is 0.500. The molecule has 34 heavy (non-hydrogen) atoms. The zero-order chi connectivity index (χ0) is 25.1. The summed E-state index contributed by atoms with van der Waals surface area (Å²) in [6.45, 7) is 6.72. The first kappa shape index (κ1) is 28.4. The maximum atomic E-state index is 13.4. The number of nitrogens with zero attached hydrogens (tertiary/aromatic N) is 1. The molecule has 8 heteroatoms. The third-order valence-electron chi connectivity index (χ3n) is 5.41. The van der Waals surface area contributed by atoms with Crippen molar-refractivity contribution in [1.29, 1.82) is 0 Å². The Morgan fingerprint density at radius 2 is 1.74 bits per heavy atom. The van der Waals surface area contributed by atoms with Crippen molar-refractivity contribution in [2.24, 2.45) is 11.8 Å². The number of aliphatic hydroxyl groups is 1. The topological polar surface area (TPSA) is 78.9 Å². The van der Waals surface area contributed by atoms with E-state index in [0.29, 0.717) is 29.4 Å². The molecule has 0 aliphatic heterocycles. The van der Waals surface area contributed by atoms with Gasteiger partial charge in [-0.1, -0.05) is 51.1 Å². The van der Waals surface area contributed by atoms with Gasteiger partial charge in [-0.2, -0.15) is 11.8 Å². The second kappa shape index (κ2) is 14.5. The maximum absolute atomic E-state index is 13.4. The molecule has 0 saturated heterocycles. The Balaban J connectivity index is 2.22. The van der Waals surface area contributed by atoms with Gasteiger partial charge in [0, 0.05) is 24.8 Å². The number of benzene rings is 2. The number of nitrogens with one attached hydrogen (secondary N) is 1. The molecule has 1 unspecified atom stereocenters. The molecular formula is C26H38N2O4S2. The molecule has 188 valence electrons. The van der Waals surface area contributed by atoms with Gasteiger partial charge in [0.05, 0.1) is 24.2 Å². The van der Waals surface area contributed by atoms with E-state index in [0.717, 1.165) is 5.56 Å². The Morgan fingerprint density at radius 3 is 2.29 bits per heavy atom. The van der Waals surface area contributed by atoms with Crippen LogP contribution in [0, 0.1) is 11.8 Å². The van der Waals surface area contributed by atoms with Crippen molar-refractivity contribution in [3.05, 3.63) is 60.2 Å². The van der Waals surface area contributed by atoms with Crippen LogP contribution in [0.25, 0.3) is 0 Å². The minimum Gasteiger partial charge on any atom is -0.497 e. The van der Waals surface area contributed by atoms with Crippen molar-refractivity contribution in [1.82, 2.24) is 9.62 Å². The average molecular weight is 507 g/mol. The number of aliphatic hydroxyl groups excluding tert-OH is 1. The number of amides is 1. The van der Waals surface area contributed by atoms with E-state index in [-0.39, 0.29) is 24.3 Å². The van der Waals surface area contributed by atoms with E-state index in [1.54, 1.807) is 47.4 Å². The van der Waals surface area contributed by atoms with Crippen LogP contribution < -0.4 is 10.1 Å². The van der Waals surface area contributed by atoms with E-state index in [1.807, 2.05) is 43.5 Å². The minimum atomic E-state index is -1.46. The van der Waals surface area contributed by atoms with Crippen LogP contribution in [0.5, 0.6) is 5.75 Å². The summed E-state index contributed by atoms with van der Waals surface area (Å²) in [4.78, 5) is 13.4. The molecule has 4 atom stereocenters. The Labute approximate surface area is 211 Å². The van der Waals surface area contributed by atoms with Gasteiger partial charge in [0.2, 0.25) is 5.91 Å². The molecule has 0 saturated carbocycles. The molecule has 0 fully saturated rings. The van der Waals surface area contributed by atoms with Gasteiger partial charge in [-0.05, 0) is 48.4 Å². The summed E-state index contributed by atoms with van der Waals surface area (Å²) >= 11 is 1.62. The number of ether oxygens (including phenoxy) is 1. The number of methoxy groups -OCH3 is 1. The molecule has 6 nitrogen and oxygen atoms in total. The molecule has 2 rings (SSSR count). The first-order chi connectivity index (χ1) is 16.2. The smallest absolute Gasteiger partial charge is 0.223 e. The van der Waals surface area contributed by atoms with Crippen LogP contribution in [0.2, 0.25) is 0 Å². The molecule has 2 aromatic carbocycles. The molecular weight excluding hydrogens is 468 g/mol. The summed E-state index contributed by atoms with van der Waals surface area (Å²) < 4.78 is 20.4. The van der Waals surface area contributed by atoms with Crippen molar-refractivity contribution in [3.8, 4) is 5.75 Å². The fourth-order valence-corrected chi connectivity index (χ4v) is 5.64. The van der Waals surface area contributed by atoms with Crippen molar-refractivity contribution < 1.29 is 18.8 Å². The van der Waals surface area contributed by atoms with Gasteiger partial charge in [-0.15, -0.1) is 0 Å². The summed E-state index contributed by atoms with van der Waals surface area (Å²) in [5.41, 5.74) is 1.02. The first-order valence-electron chi connectivity index (χ1n) is 11.6. The van der Waals surface area contributed by atoms with E-state index in [1.165, 1.54) is 0 Å². The van der Waals surface area contributed by atoms with Crippen molar-refractivity contribution in [2.75, 3.05) is 32.2 Å². The lowest BCUT2D eigenvalue weighted by atomic mass is 10.00. The number of carbonyl (C=O) groups excluding carboxylic acids is 1. The summed E-state index contributed by atoms with van der Waals surface area (Å²) in [5, 5.41) is 14.3. The van der Waals surface area contributed by atoms with Crippen molar-refractivity contribution in [3.63, 3.8) is 0 Å². The van der Waals surface area contributed by atoms with Gasteiger partial charge >= 0.3 is 0 Å². The van der Waals surface area contributed by atoms with E-state index in [9.17, 15) is 14.1 Å². The standard InChI is InChI=1S/C26H38N2O4S2/c1-19(2)16-28(34(31)23-13-11-22(32-4)12-14-23)17-25(29)24(15-21-9-7-6-8-10-21)27-26(30)20(3)18-33-5/h6-14,19-20,24-25,29H,15-18H2,1-5H3,(H,27,30)/t20-,24+,25-,34?/m1/s1. The summed E-state index contributed by atoms with van der Waals surface area (Å²) in [5.74, 6) is 1.40. The molecule has 0 aliphatic carbocycles. The van der Waals surface area contributed by atoms with E-state index in [4.69, 9.17) is 4.74 Å². The van der Waals surface area contributed by atoms with E-state index >= 15 is 0 Å². The fourth-order valence-electron chi connectivity index (χ4n) is 3.60. The highest BCUT2D eigenvalue weighted by Crippen LogP contribution is 2.19. The van der Waals surface area contributed by atoms with Gasteiger partial charge in [0.15, 0.2) is 0 Å². The highest BCUT2D eigenvalue weighted by molar-refractivity contribution is 7.98. The molecule has 0 spiro atoms. The molecule has 0 radical (unpaired) electrons. The van der Waals surface area contributed by atoms with Gasteiger partial charge in [-0.25, -0.2) is 8.51 Å². The van der Waals surface area contributed by atoms with Crippen LogP contribution in [0.4, 0.5) is 0 Å². The van der Waals surface area contributed by atoms with Crippen molar-refractivity contribution in [2.45, 2.75) is 44.2 Å². The molecule has 0 aliphatic rings. The zero-order valence-corrected chi connectivity index (χ0v) is 22.4. The van der Waals surface area contributed by atoms with Crippen LogP contribution in [0.15, 0.2) is 59.5 Å². The minimum absolute atomic E-state index is 0.0824. The Hall–Kier alpha value is -1.87. The van der Waals surface area contributed by atoms with Crippen LogP contribution in [-0.4, -0.2) is 63.9 Å². The number of thioether (sulfide) groups is 1. The van der Waals surface area contributed by atoms with E-state index in [2.05, 4.69) is 19.2 Å². The number of carbonyl (C=O) groups is 1. The molecule has 2 aromatic rings. The lowest BCUT2D eigenvalue weighted by Crippen LogP contribution is -2.51. The largest absolute Gasteiger partial charge is 0.497 e. The average Bonchev–Trinajstić information content (AvgIpc) is 2.83. The Morgan fingerprint density at radius 1 is 1.09 bits per heavy atom. The highest BCUT2D eigenvalue weighted by atomic mass is 32.2. The lowest BCUT2D eigenvalue weighted by Gasteiger charge is -2.31. The second-order valence-corrected chi connectivity index (χ2v) is 11.3. The number of rotatable bonds is 14. The summed E-state index contributed by atoms with van der Waals surface area (Å²) in [6.07, 6.45) is 1.56. The first-order valence-corrected chi connectivity index (χ1v) is 14.1. The number of hydrogen-bond acceptors (Lipinski definition) is 5. The predicted octanol–water partition coefficient (Wildman–Crippen LogP) is 3.76. The van der Waals surface area contributed by atoms with Gasteiger partial charge in [-0.3, -0.25) is 4.79 Å². The predicted molar refractivity (Wildman–Crippen MR) is 141 cm³/mol. The molecule has 0 heterocycles. The Kier molecular flexibility index (Phi) is 12.1. The van der Waals surface area contributed by atoms with Gasteiger partial charge < -0.3 is 15.2 Å². The molecule has 1 amide bonds. The third-order valence-corrected chi connectivity index (χ3v) is 7.69. The van der Waals surface area contributed by atoms with Crippen LogP contribution in [0.1, 0.15) is 26.3 Å². The maximum Gasteiger partial charge on any atom is 0.223 e. The van der Waals surface area contributed by atoms with Crippen LogP contribution in [0.3, 0.4) is 0 Å². The lowest BCUT2D eigenvalue weighted by molar-refractivity contribution is -0.125. The van der Waals surface area contributed by atoms with Crippen LogP contribution in [-0.2, 0) is 22.2 Å².